The second-order valence-electron chi connectivity index (χ2n) is 6.02. The predicted molar refractivity (Wildman–Crippen MR) is 101 cm³/mol. The number of hydrogen-bond donors (Lipinski definition) is 2. The molecule has 140 valence electrons. The molecule has 0 aliphatic carbocycles. The van der Waals surface area contributed by atoms with Gasteiger partial charge >= 0.3 is 0 Å². The second kappa shape index (κ2) is 11.4. The van der Waals surface area contributed by atoms with Crippen LogP contribution in [-0.4, -0.2) is 45.5 Å². The first-order valence-electron chi connectivity index (χ1n) is 8.80. The molecule has 1 aliphatic heterocycles. The number of guanidine groups is 1. The molecule has 0 bridgehead atoms. The second-order valence-corrected chi connectivity index (χ2v) is 6.93. The molecule has 2 rings (SSSR count). The first-order chi connectivity index (χ1) is 12.2. The van der Waals surface area contributed by atoms with Gasteiger partial charge in [0.25, 0.3) is 0 Å². The highest BCUT2D eigenvalue weighted by Gasteiger charge is 2.15. The molecule has 1 aliphatic rings. The third-order valence-corrected chi connectivity index (χ3v) is 4.40. The first-order valence-corrected chi connectivity index (χ1v) is 9.60. The normalized spacial score (nSPS) is 17.7. The first kappa shape index (κ1) is 20.1. The quantitative estimate of drug-likeness (QED) is 0.369. The van der Waals surface area contributed by atoms with Crippen molar-refractivity contribution in [3.05, 3.63) is 34.1 Å². The molecule has 0 aromatic heterocycles. The summed E-state index contributed by atoms with van der Waals surface area (Å²) in [5, 5.41) is 6.42. The van der Waals surface area contributed by atoms with Gasteiger partial charge in [-0.25, -0.2) is 9.38 Å². The molecule has 1 saturated heterocycles. The van der Waals surface area contributed by atoms with Crippen LogP contribution in [0.1, 0.15) is 25.3 Å². The number of aliphatic imine (C=N–C) groups is 1. The fraction of sp³-hybridized carbons (Fsp3) is 0.611. The van der Waals surface area contributed by atoms with Crippen LogP contribution in [0.15, 0.2) is 27.7 Å². The zero-order chi connectivity index (χ0) is 17.9. The van der Waals surface area contributed by atoms with Crippen LogP contribution in [-0.2, 0) is 16.0 Å². The Balaban J connectivity index is 1.68. The fourth-order valence-corrected chi connectivity index (χ4v) is 2.83. The highest BCUT2D eigenvalue weighted by atomic mass is 79.9. The molecule has 1 unspecified atom stereocenters. The number of benzene rings is 1. The van der Waals surface area contributed by atoms with E-state index >= 15 is 0 Å². The molecule has 2 N–H and O–H groups in total. The van der Waals surface area contributed by atoms with E-state index in [0.717, 1.165) is 50.2 Å². The molecule has 1 atom stereocenters. The van der Waals surface area contributed by atoms with Crippen LogP contribution in [0.4, 0.5) is 4.39 Å². The van der Waals surface area contributed by atoms with Crippen molar-refractivity contribution in [3.63, 3.8) is 0 Å². The molecule has 25 heavy (non-hydrogen) atoms. The minimum atomic E-state index is -0.252. The SMILES string of the molecule is CCNC(=NCc1ccc(Br)cc1F)NCCCOCC1CCOC1. The molecule has 0 spiro atoms. The van der Waals surface area contributed by atoms with E-state index in [1.165, 1.54) is 6.07 Å². The van der Waals surface area contributed by atoms with Crippen LogP contribution in [0.25, 0.3) is 0 Å². The monoisotopic (exact) mass is 415 g/mol. The zero-order valence-electron chi connectivity index (χ0n) is 14.7. The molecule has 1 aromatic rings. The highest BCUT2D eigenvalue weighted by molar-refractivity contribution is 9.10. The molecule has 1 fully saturated rings. The molecule has 7 heteroatoms. The number of rotatable bonds is 9. The Morgan fingerprint density at radius 2 is 2.32 bits per heavy atom. The zero-order valence-corrected chi connectivity index (χ0v) is 16.3. The van der Waals surface area contributed by atoms with Crippen molar-refractivity contribution in [1.29, 1.82) is 0 Å². The third-order valence-electron chi connectivity index (χ3n) is 3.90. The Kier molecular flexibility index (Phi) is 9.21. The summed E-state index contributed by atoms with van der Waals surface area (Å²) >= 11 is 3.26. The van der Waals surface area contributed by atoms with E-state index in [0.29, 0.717) is 30.6 Å². The fourth-order valence-electron chi connectivity index (χ4n) is 2.50. The van der Waals surface area contributed by atoms with Gasteiger partial charge in [0.15, 0.2) is 5.96 Å². The van der Waals surface area contributed by atoms with Crippen molar-refractivity contribution in [1.82, 2.24) is 10.6 Å². The summed E-state index contributed by atoms with van der Waals surface area (Å²) < 4.78 is 25.6. The summed E-state index contributed by atoms with van der Waals surface area (Å²) in [4.78, 5) is 4.44. The predicted octanol–water partition coefficient (Wildman–Crippen LogP) is 3.09. The van der Waals surface area contributed by atoms with Crippen LogP contribution in [0.3, 0.4) is 0 Å². The van der Waals surface area contributed by atoms with Gasteiger partial charge < -0.3 is 20.1 Å². The van der Waals surface area contributed by atoms with Crippen molar-refractivity contribution < 1.29 is 13.9 Å². The van der Waals surface area contributed by atoms with Crippen molar-refractivity contribution in [3.8, 4) is 0 Å². The van der Waals surface area contributed by atoms with Gasteiger partial charge in [-0.2, -0.15) is 0 Å². The summed E-state index contributed by atoms with van der Waals surface area (Å²) in [6, 6.07) is 5.02. The van der Waals surface area contributed by atoms with E-state index in [-0.39, 0.29) is 5.82 Å². The molecular formula is C18H27BrFN3O2. The van der Waals surface area contributed by atoms with Gasteiger partial charge in [-0.3, -0.25) is 0 Å². The van der Waals surface area contributed by atoms with E-state index in [1.54, 1.807) is 6.07 Å². The van der Waals surface area contributed by atoms with Crippen LogP contribution in [0.2, 0.25) is 0 Å². The number of hydrogen-bond acceptors (Lipinski definition) is 3. The molecule has 1 aromatic carbocycles. The van der Waals surface area contributed by atoms with Crippen LogP contribution in [0, 0.1) is 11.7 Å². The molecule has 5 nitrogen and oxygen atoms in total. The maximum absolute atomic E-state index is 13.8. The van der Waals surface area contributed by atoms with E-state index < -0.39 is 0 Å². The van der Waals surface area contributed by atoms with Crippen LogP contribution in [0.5, 0.6) is 0 Å². The van der Waals surface area contributed by atoms with Crippen molar-refractivity contribution in [2.45, 2.75) is 26.3 Å². The van der Waals surface area contributed by atoms with Gasteiger partial charge in [0.05, 0.1) is 19.8 Å². The van der Waals surface area contributed by atoms with Crippen LogP contribution < -0.4 is 10.6 Å². The van der Waals surface area contributed by atoms with E-state index in [1.807, 2.05) is 13.0 Å². The average molecular weight is 416 g/mol. The Bertz CT molecular complexity index is 551. The summed E-state index contributed by atoms with van der Waals surface area (Å²) in [6.45, 7) is 6.99. The van der Waals surface area contributed by atoms with Gasteiger partial charge in [0, 0.05) is 42.3 Å². The van der Waals surface area contributed by atoms with E-state index in [2.05, 4.69) is 31.6 Å². The summed E-state index contributed by atoms with van der Waals surface area (Å²) in [5.41, 5.74) is 0.572. The lowest BCUT2D eigenvalue weighted by Gasteiger charge is -2.12. The maximum Gasteiger partial charge on any atom is 0.191 e. The van der Waals surface area contributed by atoms with Crippen molar-refractivity contribution >= 4 is 21.9 Å². The largest absolute Gasteiger partial charge is 0.381 e. The lowest BCUT2D eigenvalue weighted by molar-refractivity contribution is 0.0888. The number of halogens is 2. The van der Waals surface area contributed by atoms with Crippen LogP contribution >= 0.6 is 15.9 Å². The third kappa shape index (κ3) is 7.71. The van der Waals surface area contributed by atoms with Crippen molar-refractivity contribution in [2.24, 2.45) is 10.9 Å². The minimum Gasteiger partial charge on any atom is -0.381 e. The molecule has 0 amide bonds. The smallest absolute Gasteiger partial charge is 0.191 e. The average Bonchev–Trinajstić information content (AvgIpc) is 3.10. The van der Waals surface area contributed by atoms with Gasteiger partial charge in [-0.05, 0) is 31.9 Å². The van der Waals surface area contributed by atoms with Gasteiger partial charge in [0.2, 0.25) is 0 Å². The lowest BCUT2D eigenvalue weighted by atomic mass is 10.1. The maximum atomic E-state index is 13.8. The lowest BCUT2D eigenvalue weighted by Crippen LogP contribution is -2.38. The summed E-state index contributed by atoms with van der Waals surface area (Å²) in [6.07, 6.45) is 1.99. The molecule has 1 heterocycles. The Morgan fingerprint density at radius 3 is 3.04 bits per heavy atom. The number of nitrogens with one attached hydrogen (secondary N) is 2. The molecule has 0 radical (unpaired) electrons. The van der Waals surface area contributed by atoms with Gasteiger partial charge in [-0.15, -0.1) is 0 Å². The highest BCUT2D eigenvalue weighted by Crippen LogP contribution is 2.16. The Hall–Kier alpha value is -1.18. The van der Waals surface area contributed by atoms with E-state index in [9.17, 15) is 4.39 Å². The number of ether oxygens (including phenoxy) is 2. The topological polar surface area (TPSA) is 54.9 Å². The summed E-state index contributed by atoms with van der Waals surface area (Å²) in [7, 11) is 0. The van der Waals surface area contributed by atoms with Crippen molar-refractivity contribution in [2.75, 3.05) is 39.5 Å². The van der Waals surface area contributed by atoms with Gasteiger partial charge in [0.1, 0.15) is 5.82 Å². The van der Waals surface area contributed by atoms with E-state index in [4.69, 9.17) is 9.47 Å². The molecular weight excluding hydrogens is 389 g/mol. The molecule has 0 saturated carbocycles. The van der Waals surface area contributed by atoms with Gasteiger partial charge in [-0.1, -0.05) is 22.0 Å². The Labute approximate surface area is 157 Å². The minimum absolute atomic E-state index is 0.252. The Morgan fingerprint density at radius 1 is 1.44 bits per heavy atom. The number of nitrogens with zero attached hydrogens (tertiary/aromatic N) is 1. The standard InChI is InChI=1S/C18H27BrFN3O2/c1-2-21-18(23-11-15-4-5-16(19)10-17(15)20)22-7-3-8-24-12-14-6-9-25-13-14/h4-5,10,14H,2-3,6-9,11-13H2,1H3,(H2,21,22,23). The summed E-state index contributed by atoms with van der Waals surface area (Å²) in [5.74, 6) is 0.986.